The quantitative estimate of drug-likeness (QED) is 0.769. The first-order chi connectivity index (χ1) is 7.90. The Hall–Kier alpha value is -1.34. The van der Waals surface area contributed by atoms with E-state index >= 15 is 0 Å². The lowest BCUT2D eigenvalue weighted by molar-refractivity contribution is 0.0595. The van der Waals surface area contributed by atoms with E-state index in [1.807, 2.05) is 6.92 Å². The highest BCUT2D eigenvalue weighted by molar-refractivity contribution is 7.89. The molecule has 17 heavy (non-hydrogen) atoms. The molecule has 0 amide bonds. The van der Waals surface area contributed by atoms with Gasteiger partial charge < -0.3 is 9.72 Å². The number of carbonyl (C=O) groups excluding carboxylic acids is 1. The van der Waals surface area contributed by atoms with E-state index in [2.05, 4.69) is 14.4 Å². The monoisotopic (exact) mass is 260 g/mol. The van der Waals surface area contributed by atoms with Crippen molar-refractivity contribution in [3.8, 4) is 0 Å². The minimum atomic E-state index is -3.58. The number of aromatic amines is 1. The largest absolute Gasteiger partial charge is 0.464 e. The van der Waals surface area contributed by atoms with Crippen LogP contribution in [0.5, 0.6) is 0 Å². The molecule has 1 atom stereocenters. The first-order valence-electron chi connectivity index (χ1n) is 5.19. The number of hydrogen-bond donors (Lipinski definition) is 2. The van der Waals surface area contributed by atoms with Crippen LogP contribution in [-0.4, -0.2) is 32.5 Å². The highest BCUT2D eigenvalue weighted by Gasteiger charge is 2.20. The number of ether oxygens (including phenoxy) is 1. The third kappa shape index (κ3) is 3.31. The topological polar surface area (TPSA) is 88.3 Å². The minimum Gasteiger partial charge on any atom is -0.464 e. The lowest BCUT2D eigenvalue weighted by Crippen LogP contribution is -2.31. The number of H-pyrrole nitrogens is 1. The molecule has 0 spiro atoms. The van der Waals surface area contributed by atoms with Gasteiger partial charge in [0, 0.05) is 12.2 Å². The van der Waals surface area contributed by atoms with E-state index in [1.54, 1.807) is 6.92 Å². The molecule has 0 saturated carbocycles. The van der Waals surface area contributed by atoms with Crippen molar-refractivity contribution in [2.45, 2.75) is 31.2 Å². The number of carbonyl (C=O) groups is 1. The van der Waals surface area contributed by atoms with E-state index in [0.717, 1.165) is 0 Å². The number of hydrogen-bond acceptors (Lipinski definition) is 4. The molecule has 2 N–H and O–H groups in total. The van der Waals surface area contributed by atoms with Crippen LogP contribution < -0.4 is 4.72 Å². The Bertz CT molecular complexity index is 492. The molecule has 0 bridgehead atoms. The predicted octanol–water partition coefficient (Wildman–Crippen LogP) is 0.878. The van der Waals surface area contributed by atoms with E-state index in [4.69, 9.17) is 0 Å². The third-order valence-electron chi connectivity index (χ3n) is 2.34. The van der Waals surface area contributed by atoms with Crippen molar-refractivity contribution in [1.29, 1.82) is 0 Å². The van der Waals surface area contributed by atoms with Gasteiger partial charge in [-0.2, -0.15) is 0 Å². The standard InChI is InChI=1S/C10H16N2O4S/c1-4-7(2)12-17(14,15)8-5-9(11-6-8)10(13)16-3/h5-7,11-12H,4H2,1-3H3/t7-/m1/s1. The molecule has 1 aromatic rings. The first kappa shape index (κ1) is 13.7. The van der Waals surface area contributed by atoms with Crippen molar-refractivity contribution in [2.75, 3.05) is 7.11 Å². The van der Waals surface area contributed by atoms with Crippen LogP contribution >= 0.6 is 0 Å². The van der Waals surface area contributed by atoms with Crippen molar-refractivity contribution in [3.05, 3.63) is 18.0 Å². The SMILES string of the molecule is CC[C@@H](C)NS(=O)(=O)c1c[nH]c(C(=O)OC)c1. The fourth-order valence-corrected chi connectivity index (χ4v) is 2.49. The average Bonchev–Trinajstić information content (AvgIpc) is 2.77. The van der Waals surface area contributed by atoms with Crippen LogP contribution in [0.4, 0.5) is 0 Å². The highest BCUT2D eigenvalue weighted by atomic mass is 32.2. The van der Waals surface area contributed by atoms with Crippen LogP contribution in [0.2, 0.25) is 0 Å². The van der Waals surface area contributed by atoms with Crippen LogP contribution in [-0.2, 0) is 14.8 Å². The number of esters is 1. The first-order valence-corrected chi connectivity index (χ1v) is 6.68. The zero-order valence-electron chi connectivity index (χ0n) is 9.98. The molecular weight excluding hydrogens is 244 g/mol. The number of sulfonamides is 1. The highest BCUT2D eigenvalue weighted by Crippen LogP contribution is 2.12. The van der Waals surface area contributed by atoms with Gasteiger partial charge >= 0.3 is 5.97 Å². The molecule has 1 rings (SSSR count). The van der Waals surface area contributed by atoms with Gasteiger partial charge in [0.1, 0.15) is 10.6 Å². The average molecular weight is 260 g/mol. The van der Waals surface area contributed by atoms with Crippen LogP contribution in [0.1, 0.15) is 30.8 Å². The van der Waals surface area contributed by atoms with E-state index in [9.17, 15) is 13.2 Å². The number of methoxy groups -OCH3 is 1. The van der Waals surface area contributed by atoms with Crippen molar-refractivity contribution in [2.24, 2.45) is 0 Å². The summed E-state index contributed by atoms with van der Waals surface area (Å²) in [6.07, 6.45) is 1.95. The lowest BCUT2D eigenvalue weighted by Gasteiger charge is -2.10. The Morgan fingerprint density at radius 1 is 1.59 bits per heavy atom. The predicted molar refractivity (Wildman–Crippen MR) is 62.2 cm³/mol. The fourth-order valence-electron chi connectivity index (χ4n) is 1.17. The van der Waals surface area contributed by atoms with Gasteiger partial charge in [-0.15, -0.1) is 0 Å². The second-order valence-electron chi connectivity index (χ2n) is 3.67. The number of nitrogens with one attached hydrogen (secondary N) is 2. The molecule has 0 aliphatic rings. The van der Waals surface area contributed by atoms with Gasteiger partial charge in [0.2, 0.25) is 10.0 Å². The molecule has 96 valence electrons. The molecule has 1 aromatic heterocycles. The molecule has 0 radical (unpaired) electrons. The smallest absolute Gasteiger partial charge is 0.354 e. The molecule has 0 aliphatic heterocycles. The second-order valence-corrected chi connectivity index (χ2v) is 5.39. The summed E-state index contributed by atoms with van der Waals surface area (Å²) >= 11 is 0. The van der Waals surface area contributed by atoms with Crippen LogP contribution in [0.25, 0.3) is 0 Å². The summed E-state index contributed by atoms with van der Waals surface area (Å²) in [5.41, 5.74) is 0.108. The Labute approximate surface area is 100 Å². The normalized spacial score (nSPS) is 13.4. The van der Waals surface area contributed by atoms with E-state index < -0.39 is 16.0 Å². The summed E-state index contributed by atoms with van der Waals surface area (Å²) in [7, 11) is -2.35. The van der Waals surface area contributed by atoms with Crippen LogP contribution in [0.15, 0.2) is 17.2 Å². The van der Waals surface area contributed by atoms with E-state index in [1.165, 1.54) is 19.4 Å². The maximum absolute atomic E-state index is 11.8. The van der Waals surface area contributed by atoms with Gasteiger partial charge in [0.25, 0.3) is 0 Å². The zero-order chi connectivity index (χ0) is 13.1. The van der Waals surface area contributed by atoms with Crippen LogP contribution in [0, 0.1) is 0 Å². The second kappa shape index (κ2) is 5.33. The molecule has 0 unspecified atom stereocenters. The van der Waals surface area contributed by atoms with Crippen molar-refractivity contribution in [1.82, 2.24) is 9.71 Å². The van der Waals surface area contributed by atoms with Gasteiger partial charge in [-0.1, -0.05) is 6.92 Å². The fraction of sp³-hybridized carbons (Fsp3) is 0.500. The summed E-state index contributed by atoms with van der Waals surface area (Å²) in [4.78, 5) is 13.7. The summed E-state index contributed by atoms with van der Waals surface area (Å²) in [6, 6.07) is 1.09. The molecule has 0 fully saturated rings. The molecule has 0 aromatic carbocycles. The van der Waals surface area contributed by atoms with E-state index in [-0.39, 0.29) is 16.6 Å². The maximum atomic E-state index is 11.8. The Morgan fingerprint density at radius 2 is 2.24 bits per heavy atom. The Kier molecular flexibility index (Phi) is 4.30. The summed E-state index contributed by atoms with van der Waals surface area (Å²) in [6.45, 7) is 3.65. The summed E-state index contributed by atoms with van der Waals surface area (Å²) < 4.78 is 30.7. The number of aromatic nitrogens is 1. The van der Waals surface area contributed by atoms with Gasteiger partial charge in [0.05, 0.1) is 7.11 Å². The molecule has 0 aliphatic carbocycles. The van der Waals surface area contributed by atoms with Gasteiger partial charge in [-0.3, -0.25) is 0 Å². The summed E-state index contributed by atoms with van der Waals surface area (Å²) in [5.74, 6) is -0.602. The minimum absolute atomic E-state index is 0.0261. The molecule has 7 heteroatoms. The molecule has 0 saturated heterocycles. The van der Waals surface area contributed by atoms with Gasteiger partial charge in [-0.05, 0) is 19.4 Å². The molecule has 6 nitrogen and oxygen atoms in total. The molecule has 1 heterocycles. The van der Waals surface area contributed by atoms with Crippen molar-refractivity contribution >= 4 is 16.0 Å². The Morgan fingerprint density at radius 3 is 2.76 bits per heavy atom. The lowest BCUT2D eigenvalue weighted by atomic mass is 10.3. The zero-order valence-corrected chi connectivity index (χ0v) is 10.8. The maximum Gasteiger partial charge on any atom is 0.354 e. The third-order valence-corrected chi connectivity index (χ3v) is 3.91. The van der Waals surface area contributed by atoms with Crippen molar-refractivity contribution in [3.63, 3.8) is 0 Å². The molecular formula is C10H16N2O4S. The van der Waals surface area contributed by atoms with Crippen LogP contribution in [0.3, 0.4) is 0 Å². The number of rotatable bonds is 5. The van der Waals surface area contributed by atoms with Gasteiger partial charge in [-0.25, -0.2) is 17.9 Å². The van der Waals surface area contributed by atoms with E-state index in [0.29, 0.717) is 6.42 Å². The van der Waals surface area contributed by atoms with Crippen molar-refractivity contribution < 1.29 is 17.9 Å². The van der Waals surface area contributed by atoms with Gasteiger partial charge in [0.15, 0.2) is 0 Å². The summed E-state index contributed by atoms with van der Waals surface area (Å²) in [5, 5.41) is 0. The Balaban J connectivity index is 2.93.